The molecule has 2 heterocycles. The van der Waals surface area contributed by atoms with E-state index in [0.29, 0.717) is 24.6 Å². The molecule has 0 bridgehead atoms. The van der Waals surface area contributed by atoms with Crippen LogP contribution in [0.1, 0.15) is 24.0 Å². The molecule has 0 aromatic heterocycles. The standard InChI is InChI=1S/C20H24ClF3N2O2/c21-18-3-1-15(13-17(18)20(22,23)24)2-4-19(27)26-7-5-16(6-8-26)14-25-9-11-28-12-10-25/h1-4,13,16H,5-12,14H2/b4-2+. The zero-order valence-corrected chi connectivity index (χ0v) is 16.3. The Morgan fingerprint density at radius 3 is 2.50 bits per heavy atom. The van der Waals surface area contributed by atoms with Crippen LogP contribution >= 0.6 is 11.6 Å². The summed E-state index contributed by atoms with van der Waals surface area (Å²) in [7, 11) is 0. The highest BCUT2D eigenvalue weighted by atomic mass is 35.5. The maximum atomic E-state index is 12.9. The van der Waals surface area contributed by atoms with E-state index in [9.17, 15) is 18.0 Å². The summed E-state index contributed by atoms with van der Waals surface area (Å²) in [6.45, 7) is 5.86. The van der Waals surface area contributed by atoms with Crippen LogP contribution in [0.5, 0.6) is 0 Å². The third kappa shape index (κ3) is 5.72. The predicted octanol–water partition coefficient (Wildman–Crippen LogP) is 3.94. The van der Waals surface area contributed by atoms with E-state index in [2.05, 4.69) is 4.90 Å². The number of benzene rings is 1. The molecule has 0 saturated carbocycles. The van der Waals surface area contributed by atoms with Gasteiger partial charge in [-0.15, -0.1) is 0 Å². The average molecular weight is 417 g/mol. The van der Waals surface area contributed by atoms with Crippen LogP contribution in [0.15, 0.2) is 24.3 Å². The van der Waals surface area contributed by atoms with Crippen molar-refractivity contribution in [2.45, 2.75) is 19.0 Å². The topological polar surface area (TPSA) is 32.8 Å². The Labute approximate surface area is 167 Å². The van der Waals surface area contributed by atoms with E-state index in [4.69, 9.17) is 16.3 Å². The summed E-state index contributed by atoms with van der Waals surface area (Å²) in [5.74, 6) is 0.394. The normalized spacial score (nSPS) is 20.1. The molecule has 2 aliphatic heterocycles. The van der Waals surface area contributed by atoms with Gasteiger partial charge in [0.2, 0.25) is 5.91 Å². The fourth-order valence-electron chi connectivity index (χ4n) is 3.62. The molecule has 1 aromatic carbocycles. The van der Waals surface area contributed by atoms with Gasteiger partial charge in [0.25, 0.3) is 0 Å². The number of ether oxygens (including phenoxy) is 1. The molecule has 1 amide bonds. The number of hydrogen-bond donors (Lipinski definition) is 0. The number of alkyl halides is 3. The number of nitrogens with zero attached hydrogens (tertiary/aromatic N) is 2. The summed E-state index contributed by atoms with van der Waals surface area (Å²) in [5, 5.41) is -0.349. The molecule has 8 heteroatoms. The van der Waals surface area contributed by atoms with Crippen molar-refractivity contribution in [3.8, 4) is 0 Å². The van der Waals surface area contributed by atoms with Crippen LogP contribution in [0.4, 0.5) is 13.2 Å². The monoisotopic (exact) mass is 416 g/mol. The second-order valence-corrected chi connectivity index (χ2v) is 7.66. The number of likely N-dealkylation sites (tertiary alicyclic amines) is 1. The molecule has 2 fully saturated rings. The van der Waals surface area contributed by atoms with Crippen LogP contribution in [0.3, 0.4) is 0 Å². The number of amides is 1. The van der Waals surface area contributed by atoms with Gasteiger partial charge in [-0.25, -0.2) is 0 Å². The van der Waals surface area contributed by atoms with Crippen LogP contribution in [0.2, 0.25) is 5.02 Å². The zero-order chi connectivity index (χ0) is 20.1. The SMILES string of the molecule is O=C(/C=C/c1ccc(Cl)c(C(F)(F)F)c1)N1CCC(CN2CCOCC2)CC1. The summed E-state index contributed by atoms with van der Waals surface area (Å²) in [6, 6.07) is 3.63. The van der Waals surface area contributed by atoms with Crippen molar-refractivity contribution in [3.05, 3.63) is 40.4 Å². The molecule has 0 radical (unpaired) electrons. The van der Waals surface area contributed by atoms with E-state index in [-0.39, 0.29) is 10.9 Å². The van der Waals surface area contributed by atoms with Gasteiger partial charge >= 0.3 is 6.18 Å². The van der Waals surface area contributed by atoms with Gasteiger partial charge in [-0.1, -0.05) is 17.7 Å². The van der Waals surface area contributed by atoms with Crippen LogP contribution < -0.4 is 0 Å². The highest BCUT2D eigenvalue weighted by molar-refractivity contribution is 6.31. The van der Waals surface area contributed by atoms with E-state index >= 15 is 0 Å². The largest absolute Gasteiger partial charge is 0.417 e. The molecular formula is C20H24ClF3N2O2. The van der Waals surface area contributed by atoms with Crippen LogP contribution in [0.25, 0.3) is 6.08 Å². The molecule has 0 spiro atoms. The van der Waals surface area contributed by atoms with E-state index in [1.165, 1.54) is 24.3 Å². The van der Waals surface area contributed by atoms with Crippen molar-refractivity contribution in [1.29, 1.82) is 0 Å². The summed E-state index contributed by atoms with van der Waals surface area (Å²) in [5.41, 5.74) is -0.597. The number of halogens is 4. The Kier molecular flexibility index (Phi) is 7.01. The second kappa shape index (κ2) is 9.29. The van der Waals surface area contributed by atoms with Crippen molar-refractivity contribution < 1.29 is 22.7 Å². The lowest BCUT2D eigenvalue weighted by atomic mass is 9.96. The second-order valence-electron chi connectivity index (χ2n) is 7.25. The van der Waals surface area contributed by atoms with Gasteiger partial charge in [0.15, 0.2) is 0 Å². The molecule has 0 aliphatic carbocycles. The van der Waals surface area contributed by atoms with Crippen molar-refractivity contribution in [1.82, 2.24) is 9.80 Å². The molecule has 2 saturated heterocycles. The zero-order valence-electron chi connectivity index (χ0n) is 15.6. The van der Waals surface area contributed by atoms with E-state index in [1.807, 2.05) is 0 Å². The first-order valence-electron chi connectivity index (χ1n) is 9.47. The summed E-state index contributed by atoms with van der Waals surface area (Å²) in [4.78, 5) is 16.5. The van der Waals surface area contributed by atoms with Crippen LogP contribution in [-0.4, -0.2) is 61.6 Å². The van der Waals surface area contributed by atoms with Crippen molar-refractivity contribution in [2.75, 3.05) is 45.9 Å². The Morgan fingerprint density at radius 1 is 1.18 bits per heavy atom. The van der Waals surface area contributed by atoms with Gasteiger partial charge in [-0.3, -0.25) is 9.69 Å². The van der Waals surface area contributed by atoms with E-state index in [1.54, 1.807) is 4.90 Å². The highest BCUT2D eigenvalue weighted by Gasteiger charge is 2.33. The van der Waals surface area contributed by atoms with Crippen molar-refractivity contribution in [2.24, 2.45) is 5.92 Å². The number of piperidine rings is 1. The highest BCUT2D eigenvalue weighted by Crippen LogP contribution is 2.35. The Morgan fingerprint density at radius 2 is 1.86 bits per heavy atom. The van der Waals surface area contributed by atoms with Crippen LogP contribution in [0, 0.1) is 5.92 Å². The first kappa shape index (κ1) is 21.1. The Bertz CT molecular complexity index is 710. The molecule has 28 heavy (non-hydrogen) atoms. The molecule has 3 rings (SSSR count). The molecule has 4 nitrogen and oxygen atoms in total. The summed E-state index contributed by atoms with van der Waals surface area (Å²) >= 11 is 5.62. The number of rotatable bonds is 4. The maximum absolute atomic E-state index is 12.9. The van der Waals surface area contributed by atoms with E-state index < -0.39 is 11.7 Å². The third-order valence-electron chi connectivity index (χ3n) is 5.26. The lowest BCUT2D eigenvalue weighted by Crippen LogP contribution is -2.43. The predicted molar refractivity (Wildman–Crippen MR) is 102 cm³/mol. The minimum atomic E-state index is -4.52. The molecule has 0 atom stereocenters. The smallest absolute Gasteiger partial charge is 0.379 e. The van der Waals surface area contributed by atoms with Crippen LogP contribution in [-0.2, 0) is 15.7 Å². The first-order valence-corrected chi connectivity index (χ1v) is 9.84. The number of carbonyl (C=O) groups excluding carboxylic acids is 1. The molecule has 0 N–H and O–H groups in total. The number of hydrogen-bond acceptors (Lipinski definition) is 3. The molecule has 2 aliphatic rings. The fourth-order valence-corrected chi connectivity index (χ4v) is 3.85. The Hall–Kier alpha value is -1.57. The molecule has 1 aromatic rings. The third-order valence-corrected chi connectivity index (χ3v) is 5.59. The maximum Gasteiger partial charge on any atom is 0.417 e. The fraction of sp³-hybridized carbons (Fsp3) is 0.550. The van der Waals surface area contributed by atoms with Gasteiger partial charge < -0.3 is 9.64 Å². The van der Waals surface area contributed by atoms with Crippen molar-refractivity contribution in [3.63, 3.8) is 0 Å². The van der Waals surface area contributed by atoms with Gasteiger partial charge in [-0.2, -0.15) is 13.2 Å². The minimum absolute atomic E-state index is 0.173. The number of carbonyl (C=O) groups is 1. The lowest BCUT2D eigenvalue weighted by molar-refractivity contribution is -0.137. The summed E-state index contributed by atoms with van der Waals surface area (Å²) in [6.07, 6.45) is 0.110. The first-order chi connectivity index (χ1) is 13.3. The lowest BCUT2D eigenvalue weighted by Gasteiger charge is -2.35. The average Bonchev–Trinajstić information content (AvgIpc) is 2.67. The molecule has 154 valence electrons. The van der Waals surface area contributed by atoms with Gasteiger partial charge in [0.05, 0.1) is 23.8 Å². The van der Waals surface area contributed by atoms with Crippen molar-refractivity contribution >= 4 is 23.6 Å². The molecule has 0 unspecified atom stereocenters. The number of morpholine rings is 1. The van der Waals surface area contributed by atoms with E-state index in [0.717, 1.165) is 51.8 Å². The molecular weight excluding hydrogens is 393 g/mol. The van der Waals surface area contributed by atoms with Gasteiger partial charge in [0.1, 0.15) is 0 Å². The Balaban J connectivity index is 1.51. The van der Waals surface area contributed by atoms with Gasteiger partial charge in [-0.05, 0) is 42.5 Å². The quantitative estimate of drug-likeness (QED) is 0.697. The van der Waals surface area contributed by atoms with Gasteiger partial charge in [0, 0.05) is 38.8 Å². The summed E-state index contributed by atoms with van der Waals surface area (Å²) < 4.78 is 44.1. The minimum Gasteiger partial charge on any atom is -0.379 e.